The number of benzene rings is 1. The fourth-order valence-corrected chi connectivity index (χ4v) is 3.02. The highest BCUT2D eigenvalue weighted by Crippen LogP contribution is 2.29. The molecule has 0 aromatic heterocycles. The van der Waals surface area contributed by atoms with Gasteiger partial charge in [-0.1, -0.05) is 6.07 Å². The van der Waals surface area contributed by atoms with Gasteiger partial charge in [0.25, 0.3) is 0 Å². The van der Waals surface area contributed by atoms with E-state index in [-0.39, 0.29) is 5.91 Å². The molecule has 19 heavy (non-hydrogen) atoms. The summed E-state index contributed by atoms with van der Waals surface area (Å²) in [4.78, 5) is 16.3. The summed E-state index contributed by atoms with van der Waals surface area (Å²) in [5, 5.41) is 0. The van der Waals surface area contributed by atoms with Crippen LogP contribution in [0, 0.1) is 5.92 Å². The number of rotatable bonds is 3. The minimum Gasteiger partial charge on any atom is -0.371 e. The van der Waals surface area contributed by atoms with E-state index in [1.807, 2.05) is 17.0 Å². The summed E-state index contributed by atoms with van der Waals surface area (Å²) in [7, 11) is 0. The summed E-state index contributed by atoms with van der Waals surface area (Å²) in [6.07, 6.45) is 3.12. The van der Waals surface area contributed by atoms with Crippen molar-refractivity contribution in [2.45, 2.75) is 19.3 Å². The Morgan fingerprint density at radius 1 is 1.21 bits per heavy atom. The predicted octanol–water partition coefficient (Wildman–Crippen LogP) is 1.60. The van der Waals surface area contributed by atoms with Gasteiger partial charge < -0.3 is 15.5 Å². The summed E-state index contributed by atoms with van der Waals surface area (Å²) in [5.41, 5.74) is 7.93. The van der Waals surface area contributed by atoms with E-state index in [0.29, 0.717) is 18.9 Å². The zero-order valence-electron chi connectivity index (χ0n) is 11.2. The average Bonchev–Trinajstić information content (AvgIpc) is 3.08. The fourth-order valence-electron chi connectivity index (χ4n) is 3.02. The van der Waals surface area contributed by atoms with Crippen LogP contribution in [0.25, 0.3) is 0 Å². The van der Waals surface area contributed by atoms with E-state index >= 15 is 0 Å². The molecule has 2 N–H and O–H groups in total. The first-order chi connectivity index (χ1) is 9.28. The number of nitrogens with two attached hydrogens (primary N) is 1. The van der Waals surface area contributed by atoms with E-state index in [0.717, 1.165) is 25.3 Å². The summed E-state index contributed by atoms with van der Waals surface area (Å²) in [6.45, 7) is 3.61. The zero-order valence-corrected chi connectivity index (χ0v) is 11.2. The van der Waals surface area contributed by atoms with Crippen molar-refractivity contribution in [1.82, 2.24) is 0 Å². The molecule has 102 valence electrons. The van der Waals surface area contributed by atoms with Crippen LogP contribution < -0.4 is 15.5 Å². The molecule has 2 fully saturated rings. The van der Waals surface area contributed by atoms with Crippen LogP contribution >= 0.6 is 0 Å². The Balaban J connectivity index is 1.81. The van der Waals surface area contributed by atoms with E-state index in [2.05, 4.69) is 17.0 Å². The van der Waals surface area contributed by atoms with Crippen molar-refractivity contribution in [3.05, 3.63) is 24.3 Å². The summed E-state index contributed by atoms with van der Waals surface area (Å²) in [5.74, 6) is 0.511. The molecule has 1 atom stereocenters. The molecule has 2 heterocycles. The number of carbonyl (C=O) groups excluding carboxylic acids is 1. The Kier molecular flexibility index (Phi) is 3.42. The molecule has 1 amide bonds. The highest BCUT2D eigenvalue weighted by Gasteiger charge is 2.29. The highest BCUT2D eigenvalue weighted by atomic mass is 16.2. The van der Waals surface area contributed by atoms with E-state index in [9.17, 15) is 4.79 Å². The summed E-state index contributed by atoms with van der Waals surface area (Å²) < 4.78 is 0. The van der Waals surface area contributed by atoms with Crippen molar-refractivity contribution < 1.29 is 4.79 Å². The Labute approximate surface area is 114 Å². The van der Waals surface area contributed by atoms with Gasteiger partial charge in [0.1, 0.15) is 0 Å². The minimum atomic E-state index is 0.203. The van der Waals surface area contributed by atoms with Gasteiger partial charge in [-0.3, -0.25) is 4.79 Å². The predicted molar refractivity (Wildman–Crippen MR) is 77.4 cm³/mol. The van der Waals surface area contributed by atoms with Crippen LogP contribution in [0.3, 0.4) is 0 Å². The molecule has 0 spiro atoms. The number of hydrogen-bond donors (Lipinski definition) is 1. The standard InChI is InChI=1S/C15H21N3O/c16-10-12-8-15(19)18(11-12)14-5-3-4-13(9-14)17-6-1-2-7-17/h3-5,9,12H,1-2,6-8,10-11,16H2. The lowest BCUT2D eigenvalue weighted by atomic mass is 10.1. The second-order valence-corrected chi connectivity index (χ2v) is 5.52. The molecule has 1 unspecified atom stereocenters. The second-order valence-electron chi connectivity index (χ2n) is 5.52. The lowest BCUT2D eigenvalue weighted by Gasteiger charge is -2.22. The van der Waals surface area contributed by atoms with E-state index < -0.39 is 0 Å². The van der Waals surface area contributed by atoms with Crippen molar-refractivity contribution in [2.24, 2.45) is 11.7 Å². The fraction of sp³-hybridized carbons (Fsp3) is 0.533. The van der Waals surface area contributed by atoms with Gasteiger partial charge in [0.05, 0.1) is 0 Å². The van der Waals surface area contributed by atoms with Gasteiger partial charge in [-0.25, -0.2) is 0 Å². The molecule has 2 aliphatic heterocycles. The van der Waals surface area contributed by atoms with Crippen LogP contribution in [0.2, 0.25) is 0 Å². The molecule has 0 bridgehead atoms. The largest absolute Gasteiger partial charge is 0.371 e. The normalized spacial score (nSPS) is 23.4. The molecule has 1 aromatic carbocycles. The average molecular weight is 259 g/mol. The minimum absolute atomic E-state index is 0.203. The smallest absolute Gasteiger partial charge is 0.227 e. The van der Waals surface area contributed by atoms with Crippen LogP contribution in [-0.4, -0.2) is 32.1 Å². The van der Waals surface area contributed by atoms with E-state index in [1.54, 1.807) is 0 Å². The Morgan fingerprint density at radius 2 is 1.95 bits per heavy atom. The number of nitrogens with zero attached hydrogens (tertiary/aromatic N) is 2. The molecular formula is C15H21N3O. The maximum Gasteiger partial charge on any atom is 0.227 e. The summed E-state index contributed by atoms with van der Waals surface area (Å²) >= 11 is 0. The third-order valence-corrected chi connectivity index (χ3v) is 4.15. The zero-order chi connectivity index (χ0) is 13.2. The third-order valence-electron chi connectivity index (χ3n) is 4.15. The molecule has 3 rings (SSSR count). The van der Waals surface area contributed by atoms with E-state index in [1.165, 1.54) is 18.5 Å². The molecule has 4 nitrogen and oxygen atoms in total. The topological polar surface area (TPSA) is 49.6 Å². The third kappa shape index (κ3) is 2.45. The molecule has 0 radical (unpaired) electrons. The first kappa shape index (κ1) is 12.5. The van der Waals surface area contributed by atoms with Crippen LogP contribution in [-0.2, 0) is 4.79 Å². The first-order valence-corrected chi connectivity index (χ1v) is 7.13. The van der Waals surface area contributed by atoms with Gasteiger partial charge in [0, 0.05) is 37.4 Å². The van der Waals surface area contributed by atoms with Gasteiger partial charge in [-0.15, -0.1) is 0 Å². The van der Waals surface area contributed by atoms with E-state index in [4.69, 9.17) is 5.73 Å². The van der Waals surface area contributed by atoms with Crippen molar-refractivity contribution in [1.29, 1.82) is 0 Å². The maximum absolute atomic E-state index is 12.0. The van der Waals surface area contributed by atoms with Gasteiger partial charge in [0.15, 0.2) is 0 Å². The van der Waals surface area contributed by atoms with Gasteiger partial charge in [-0.2, -0.15) is 0 Å². The molecule has 0 saturated carbocycles. The molecule has 2 saturated heterocycles. The van der Waals surface area contributed by atoms with Crippen LogP contribution in [0.15, 0.2) is 24.3 Å². The number of anilines is 2. The number of amides is 1. The lowest BCUT2D eigenvalue weighted by molar-refractivity contribution is -0.117. The summed E-state index contributed by atoms with van der Waals surface area (Å²) in [6, 6.07) is 8.35. The quantitative estimate of drug-likeness (QED) is 0.897. The number of hydrogen-bond acceptors (Lipinski definition) is 3. The van der Waals surface area contributed by atoms with Crippen LogP contribution in [0.5, 0.6) is 0 Å². The van der Waals surface area contributed by atoms with Crippen LogP contribution in [0.4, 0.5) is 11.4 Å². The van der Waals surface area contributed by atoms with Crippen molar-refractivity contribution in [3.8, 4) is 0 Å². The monoisotopic (exact) mass is 259 g/mol. The Morgan fingerprint density at radius 3 is 2.63 bits per heavy atom. The first-order valence-electron chi connectivity index (χ1n) is 7.13. The van der Waals surface area contributed by atoms with Crippen LogP contribution in [0.1, 0.15) is 19.3 Å². The molecule has 1 aromatic rings. The lowest BCUT2D eigenvalue weighted by Crippen LogP contribution is -2.26. The van der Waals surface area contributed by atoms with Crippen molar-refractivity contribution >= 4 is 17.3 Å². The van der Waals surface area contributed by atoms with Crippen molar-refractivity contribution in [3.63, 3.8) is 0 Å². The maximum atomic E-state index is 12.0. The second kappa shape index (κ2) is 5.21. The SMILES string of the molecule is NCC1CC(=O)N(c2cccc(N3CCCC3)c2)C1. The molecular weight excluding hydrogens is 238 g/mol. The molecule has 4 heteroatoms. The van der Waals surface area contributed by atoms with Gasteiger partial charge >= 0.3 is 0 Å². The molecule has 0 aliphatic carbocycles. The van der Waals surface area contributed by atoms with Gasteiger partial charge in [0.2, 0.25) is 5.91 Å². The Hall–Kier alpha value is -1.55. The number of carbonyl (C=O) groups is 1. The van der Waals surface area contributed by atoms with Crippen molar-refractivity contribution in [2.75, 3.05) is 36.0 Å². The molecule has 2 aliphatic rings. The highest BCUT2D eigenvalue weighted by molar-refractivity contribution is 5.96. The Bertz CT molecular complexity index is 468. The van der Waals surface area contributed by atoms with Gasteiger partial charge in [-0.05, 0) is 43.5 Å².